The standard InChI is InChI=1S/C20H29N3O/c1-2-18(16-6-5-11-21-14-16)23-12-9-15(10-13-23)20-17-7-3-4-8-19(17)24-22-20/h3-4,7-8,15-16,18,21H,2,5-6,9-14H2,1H3. The molecule has 0 amide bonds. The van der Waals surface area contributed by atoms with E-state index in [1.807, 2.05) is 12.1 Å². The molecular formula is C20H29N3O. The Kier molecular flexibility index (Phi) is 4.86. The van der Waals surface area contributed by atoms with Crippen LogP contribution in [0.15, 0.2) is 28.8 Å². The van der Waals surface area contributed by atoms with E-state index in [1.165, 1.54) is 69.4 Å². The highest BCUT2D eigenvalue weighted by Gasteiger charge is 2.32. The van der Waals surface area contributed by atoms with Crippen molar-refractivity contribution in [3.63, 3.8) is 0 Å². The first-order valence-electron chi connectivity index (χ1n) is 9.66. The zero-order valence-corrected chi connectivity index (χ0v) is 14.7. The Labute approximate surface area is 144 Å². The van der Waals surface area contributed by atoms with E-state index in [0.717, 1.165) is 17.5 Å². The second-order valence-electron chi connectivity index (χ2n) is 7.46. The van der Waals surface area contributed by atoms with Crippen molar-refractivity contribution in [2.75, 3.05) is 26.2 Å². The number of hydrogen-bond acceptors (Lipinski definition) is 4. The molecule has 0 aliphatic carbocycles. The van der Waals surface area contributed by atoms with Crippen LogP contribution in [0.25, 0.3) is 11.0 Å². The van der Waals surface area contributed by atoms with Crippen LogP contribution in [0.4, 0.5) is 0 Å². The molecule has 24 heavy (non-hydrogen) atoms. The smallest absolute Gasteiger partial charge is 0.167 e. The van der Waals surface area contributed by atoms with Crippen molar-refractivity contribution < 1.29 is 4.52 Å². The Balaban J connectivity index is 1.42. The molecule has 0 spiro atoms. The second-order valence-corrected chi connectivity index (χ2v) is 7.46. The highest BCUT2D eigenvalue weighted by Crippen LogP contribution is 2.34. The van der Waals surface area contributed by atoms with E-state index in [1.54, 1.807) is 0 Å². The molecule has 4 nitrogen and oxygen atoms in total. The summed E-state index contributed by atoms with van der Waals surface area (Å²) in [5, 5.41) is 9.19. The van der Waals surface area contributed by atoms with E-state index in [0.29, 0.717) is 5.92 Å². The van der Waals surface area contributed by atoms with Crippen LogP contribution in [0.5, 0.6) is 0 Å². The normalized spacial score (nSPS) is 25.1. The average Bonchev–Trinajstić information content (AvgIpc) is 3.08. The first kappa shape index (κ1) is 16.1. The van der Waals surface area contributed by atoms with E-state index in [-0.39, 0.29) is 0 Å². The molecule has 1 N–H and O–H groups in total. The molecule has 3 heterocycles. The summed E-state index contributed by atoms with van der Waals surface area (Å²) >= 11 is 0. The van der Waals surface area contributed by atoms with Gasteiger partial charge in [0.25, 0.3) is 0 Å². The Bertz CT molecular complexity index is 654. The number of piperidine rings is 2. The fraction of sp³-hybridized carbons (Fsp3) is 0.650. The van der Waals surface area contributed by atoms with Crippen molar-refractivity contribution in [3.05, 3.63) is 30.0 Å². The minimum atomic E-state index is 0.548. The maximum atomic E-state index is 5.52. The molecule has 130 valence electrons. The fourth-order valence-electron chi connectivity index (χ4n) is 4.80. The van der Waals surface area contributed by atoms with Crippen molar-refractivity contribution in [2.45, 2.75) is 51.0 Å². The summed E-state index contributed by atoms with van der Waals surface area (Å²) in [4.78, 5) is 2.75. The molecule has 1 aromatic heterocycles. The zero-order valence-electron chi connectivity index (χ0n) is 14.7. The maximum absolute atomic E-state index is 5.52. The van der Waals surface area contributed by atoms with Crippen molar-refractivity contribution in [1.82, 2.24) is 15.4 Å². The van der Waals surface area contributed by atoms with Crippen LogP contribution in [0.3, 0.4) is 0 Å². The van der Waals surface area contributed by atoms with Gasteiger partial charge >= 0.3 is 0 Å². The Morgan fingerprint density at radius 1 is 1.25 bits per heavy atom. The summed E-state index contributed by atoms with van der Waals surface area (Å²) in [6, 6.07) is 9.01. The lowest BCUT2D eigenvalue weighted by atomic mass is 9.85. The lowest BCUT2D eigenvalue weighted by Crippen LogP contribution is -2.48. The number of benzene rings is 1. The lowest BCUT2D eigenvalue weighted by molar-refractivity contribution is 0.0919. The highest BCUT2D eigenvalue weighted by atomic mass is 16.5. The highest BCUT2D eigenvalue weighted by molar-refractivity contribution is 5.79. The Morgan fingerprint density at radius 2 is 2.08 bits per heavy atom. The third kappa shape index (κ3) is 3.09. The van der Waals surface area contributed by atoms with Crippen LogP contribution < -0.4 is 5.32 Å². The summed E-state index contributed by atoms with van der Waals surface area (Å²) < 4.78 is 5.52. The summed E-state index contributed by atoms with van der Waals surface area (Å²) in [5.74, 6) is 1.38. The molecule has 1 aromatic carbocycles. The molecule has 2 aliphatic heterocycles. The van der Waals surface area contributed by atoms with E-state index in [4.69, 9.17) is 4.52 Å². The van der Waals surface area contributed by atoms with Crippen molar-refractivity contribution >= 4 is 11.0 Å². The Morgan fingerprint density at radius 3 is 2.83 bits per heavy atom. The maximum Gasteiger partial charge on any atom is 0.167 e. The minimum Gasteiger partial charge on any atom is -0.356 e. The Hall–Kier alpha value is -1.39. The van der Waals surface area contributed by atoms with Gasteiger partial charge in [0.05, 0.1) is 5.69 Å². The molecule has 2 saturated heterocycles. The van der Waals surface area contributed by atoms with Gasteiger partial charge in [-0.15, -0.1) is 0 Å². The van der Waals surface area contributed by atoms with Crippen LogP contribution in [-0.4, -0.2) is 42.3 Å². The molecule has 4 heteroatoms. The van der Waals surface area contributed by atoms with Crippen molar-refractivity contribution in [3.8, 4) is 0 Å². The topological polar surface area (TPSA) is 41.3 Å². The molecule has 2 aromatic rings. The predicted octanol–water partition coefficient (Wildman–Crippen LogP) is 3.79. The third-order valence-corrected chi connectivity index (χ3v) is 6.09. The average molecular weight is 327 g/mol. The number of rotatable bonds is 4. The van der Waals surface area contributed by atoms with Gasteiger partial charge in [0.2, 0.25) is 0 Å². The van der Waals surface area contributed by atoms with Gasteiger partial charge in [0.1, 0.15) is 0 Å². The summed E-state index contributed by atoms with van der Waals surface area (Å²) in [6.07, 6.45) is 6.40. The van der Waals surface area contributed by atoms with E-state index < -0.39 is 0 Å². The summed E-state index contributed by atoms with van der Waals surface area (Å²) in [7, 11) is 0. The fourth-order valence-corrected chi connectivity index (χ4v) is 4.80. The van der Waals surface area contributed by atoms with Gasteiger partial charge in [0.15, 0.2) is 5.58 Å². The van der Waals surface area contributed by atoms with Gasteiger partial charge in [-0.3, -0.25) is 0 Å². The number of aromatic nitrogens is 1. The molecular weight excluding hydrogens is 298 g/mol. The zero-order chi connectivity index (χ0) is 16.4. The van der Waals surface area contributed by atoms with Crippen LogP contribution in [0.2, 0.25) is 0 Å². The predicted molar refractivity (Wildman–Crippen MR) is 97.2 cm³/mol. The van der Waals surface area contributed by atoms with Crippen LogP contribution in [0, 0.1) is 5.92 Å². The van der Waals surface area contributed by atoms with Gasteiger partial charge in [-0.25, -0.2) is 0 Å². The number of likely N-dealkylation sites (tertiary alicyclic amines) is 1. The van der Waals surface area contributed by atoms with Crippen LogP contribution in [-0.2, 0) is 0 Å². The third-order valence-electron chi connectivity index (χ3n) is 6.09. The van der Waals surface area contributed by atoms with Crippen molar-refractivity contribution in [2.24, 2.45) is 5.92 Å². The molecule has 2 unspecified atom stereocenters. The van der Waals surface area contributed by atoms with E-state index in [9.17, 15) is 0 Å². The number of fused-ring (bicyclic) bond motifs is 1. The summed E-state index contributed by atoms with van der Waals surface area (Å²) in [5.41, 5.74) is 2.10. The number of hydrogen-bond donors (Lipinski definition) is 1. The van der Waals surface area contributed by atoms with Gasteiger partial charge in [0, 0.05) is 17.3 Å². The van der Waals surface area contributed by atoms with Crippen LogP contribution >= 0.6 is 0 Å². The quantitative estimate of drug-likeness (QED) is 0.928. The van der Waals surface area contributed by atoms with Gasteiger partial charge < -0.3 is 14.7 Å². The second kappa shape index (κ2) is 7.24. The number of nitrogens with one attached hydrogen (secondary N) is 1. The van der Waals surface area contributed by atoms with E-state index in [2.05, 4.69) is 34.4 Å². The lowest BCUT2D eigenvalue weighted by Gasteiger charge is -2.42. The monoisotopic (exact) mass is 327 g/mol. The van der Waals surface area contributed by atoms with Gasteiger partial charge in [-0.2, -0.15) is 0 Å². The molecule has 2 atom stereocenters. The van der Waals surface area contributed by atoms with E-state index >= 15 is 0 Å². The molecule has 2 aliphatic rings. The van der Waals surface area contributed by atoms with Gasteiger partial charge in [-0.05, 0) is 76.3 Å². The molecule has 4 rings (SSSR count). The van der Waals surface area contributed by atoms with Gasteiger partial charge in [-0.1, -0.05) is 24.2 Å². The molecule has 2 fully saturated rings. The first-order valence-corrected chi connectivity index (χ1v) is 9.66. The van der Waals surface area contributed by atoms with Crippen LogP contribution in [0.1, 0.15) is 50.6 Å². The number of para-hydroxylation sites is 1. The SMILES string of the molecule is CCC(C1CCCNC1)N1CCC(c2noc3ccccc23)CC1. The molecule has 0 radical (unpaired) electrons. The van der Waals surface area contributed by atoms with Crippen molar-refractivity contribution in [1.29, 1.82) is 0 Å². The molecule has 0 bridgehead atoms. The minimum absolute atomic E-state index is 0.548. The first-order chi connectivity index (χ1) is 11.9. The number of nitrogens with zero attached hydrogens (tertiary/aromatic N) is 2. The largest absolute Gasteiger partial charge is 0.356 e. The summed E-state index contributed by atoms with van der Waals surface area (Å²) in [6.45, 7) is 7.15. The molecule has 0 saturated carbocycles.